The quantitative estimate of drug-likeness (QED) is 0.581. The molecule has 1 aliphatic carbocycles. The molecule has 2 nitrogen and oxygen atoms in total. The molecule has 0 saturated heterocycles. The molecule has 0 bridgehead atoms. The molecule has 0 aliphatic heterocycles. The molecule has 0 aromatic heterocycles. The van der Waals surface area contributed by atoms with Crippen molar-refractivity contribution in [1.82, 2.24) is 0 Å². The van der Waals surface area contributed by atoms with Crippen LogP contribution in [0.5, 0.6) is 0 Å². The van der Waals surface area contributed by atoms with Crippen LogP contribution in [0.15, 0.2) is 42.0 Å². The number of hydrogen-bond acceptors (Lipinski definition) is 2. The molecule has 0 spiro atoms. The number of carbonyl (C=O) groups is 2. The number of allylic oxidation sites excluding steroid dienone is 1. The first-order valence-electron chi connectivity index (χ1n) is 6.97. The van der Waals surface area contributed by atoms with Crippen molar-refractivity contribution in [2.75, 3.05) is 0 Å². The second-order valence-corrected chi connectivity index (χ2v) is 5.48. The van der Waals surface area contributed by atoms with E-state index in [1.54, 1.807) is 30.3 Å². The van der Waals surface area contributed by atoms with Crippen LogP contribution in [0.1, 0.15) is 43.0 Å². The van der Waals surface area contributed by atoms with Gasteiger partial charge in [-0.2, -0.15) is 0 Å². The van der Waals surface area contributed by atoms with Crippen LogP contribution in [0.25, 0.3) is 6.08 Å². The lowest BCUT2D eigenvalue weighted by atomic mass is 9.96. The second-order valence-electron chi connectivity index (χ2n) is 5.48. The highest BCUT2D eigenvalue weighted by atomic mass is 16.2. The molecule has 21 heavy (non-hydrogen) atoms. The third kappa shape index (κ3) is 2.04. The molecule has 104 valence electrons. The molecular formula is C19H16O2. The lowest BCUT2D eigenvalue weighted by molar-refractivity contribution is 0.0990. The van der Waals surface area contributed by atoms with Crippen molar-refractivity contribution in [2.45, 2.75) is 20.8 Å². The van der Waals surface area contributed by atoms with Gasteiger partial charge in [0.1, 0.15) is 0 Å². The van der Waals surface area contributed by atoms with E-state index in [9.17, 15) is 9.59 Å². The number of Topliss-reactive ketones (excluding diaryl/α,β-unsaturated/α-hetero) is 2. The molecule has 0 unspecified atom stereocenters. The summed E-state index contributed by atoms with van der Waals surface area (Å²) in [5.74, 6) is -0.346. The Morgan fingerprint density at radius 1 is 0.762 bits per heavy atom. The average molecular weight is 276 g/mol. The maximum Gasteiger partial charge on any atom is 0.197 e. The Balaban J connectivity index is 2.13. The molecule has 3 rings (SSSR count). The predicted octanol–water partition coefficient (Wildman–Crippen LogP) is 4.07. The van der Waals surface area contributed by atoms with Crippen LogP contribution >= 0.6 is 0 Å². The fourth-order valence-corrected chi connectivity index (χ4v) is 2.69. The normalized spacial score (nSPS) is 13.6. The first-order valence-corrected chi connectivity index (χ1v) is 6.97. The topological polar surface area (TPSA) is 34.1 Å². The van der Waals surface area contributed by atoms with E-state index in [1.165, 1.54) is 11.1 Å². The van der Waals surface area contributed by atoms with E-state index < -0.39 is 0 Å². The SMILES string of the molecule is Cc1ccc(C=C2C(=O)c3ccccc3C2=O)c(C)c1C. The van der Waals surface area contributed by atoms with Gasteiger partial charge in [0.15, 0.2) is 11.6 Å². The van der Waals surface area contributed by atoms with Crippen LogP contribution in [0.3, 0.4) is 0 Å². The van der Waals surface area contributed by atoms with Gasteiger partial charge in [-0.25, -0.2) is 0 Å². The van der Waals surface area contributed by atoms with Crippen molar-refractivity contribution in [3.63, 3.8) is 0 Å². The van der Waals surface area contributed by atoms with Gasteiger partial charge in [-0.1, -0.05) is 36.4 Å². The molecule has 0 fully saturated rings. The van der Waals surface area contributed by atoms with Crippen LogP contribution in [0.4, 0.5) is 0 Å². The number of ketones is 2. The Labute approximate surface area is 124 Å². The lowest BCUT2D eigenvalue weighted by Gasteiger charge is -2.08. The third-order valence-electron chi connectivity index (χ3n) is 4.31. The highest BCUT2D eigenvalue weighted by Gasteiger charge is 2.32. The minimum atomic E-state index is -0.173. The summed E-state index contributed by atoms with van der Waals surface area (Å²) in [7, 11) is 0. The van der Waals surface area contributed by atoms with Gasteiger partial charge in [0.2, 0.25) is 0 Å². The minimum absolute atomic E-state index is 0.173. The summed E-state index contributed by atoms with van der Waals surface area (Å²) in [6.45, 7) is 6.13. The highest BCUT2D eigenvalue weighted by molar-refractivity contribution is 6.41. The summed E-state index contributed by atoms with van der Waals surface area (Å²) in [6, 6.07) is 11.0. The Bertz CT molecular complexity index is 773. The second kappa shape index (κ2) is 4.81. The average Bonchev–Trinajstić information content (AvgIpc) is 2.73. The van der Waals surface area contributed by atoms with Crippen LogP contribution in [0.2, 0.25) is 0 Å². The zero-order valence-corrected chi connectivity index (χ0v) is 12.4. The molecule has 0 amide bonds. The van der Waals surface area contributed by atoms with Gasteiger partial charge in [0.05, 0.1) is 5.57 Å². The van der Waals surface area contributed by atoms with Gasteiger partial charge in [0.25, 0.3) is 0 Å². The number of rotatable bonds is 1. The van der Waals surface area contributed by atoms with Crippen LogP contribution in [-0.4, -0.2) is 11.6 Å². The van der Waals surface area contributed by atoms with Gasteiger partial charge in [-0.05, 0) is 49.1 Å². The summed E-state index contributed by atoms with van der Waals surface area (Å²) in [5.41, 5.74) is 5.73. The number of fused-ring (bicyclic) bond motifs is 1. The molecule has 2 aromatic rings. The number of aryl methyl sites for hydroxylation is 1. The van der Waals surface area contributed by atoms with Crippen molar-refractivity contribution in [2.24, 2.45) is 0 Å². The fourth-order valence-electron chi connectivity index (χ4n) is 2.69. The molecule has 0 saturated carbocycles. The standard InChI is InChI=1S/C19H16O2/c1-11-8-9-14(13(3)12(11)2)10-17-18(20)15-6-4-5-7-16(15)19(17)21/h4-10H,1-3H3. The minimum Gasteiger partial charge on any atom is -0.288 e. The van der Waals surface area contributed by atoms with E-state index in [0.29, 0.717) is 11.1 Å². The summed E-state index contributed by atoms with van der Waals surface area (Å²) in [5, 5.41) is 0. The van der Waals surface area contributed by atoms with E-state index in [0.717, 1.165) is 11.1 Å². The van der Waals surface area contributed by atoms with Crippen molar-refractivity contribution >= 4 is 17.6 Å². The summed E-state index contributed by atoms with van der Waals surface area (Å²) in [4.78, 5) is 24.8. The maximum atomic E-state index is 12.4. The zero-order valence-electron chi connectivity index (χ0n) is 12.4. The largest absolute Gasteiger partial charge is 0.288 e. The van der Waals surface area contributed by atoms with E-state index in [-0.39, 0.29) is 17.1 Å². The number of carbonyl (C=O) groups excluding carboxylic acids is 2. The van der Waals surface area contributed by atoms with E-state index >= 15 is 0 Å². The fraction of sp³-hybridized carbons (Fsp3) is 0.158. The Kier molecular flexibility index (Phi) is 3.09. The first kappa shape index (κ1) is 13.5. The van der Waals surface area contributed by atoms with Crippen molar-refractivity contribution in [3.05, 3.63) is 75.4 Å². The Hall–Kier alpha value is -2.48. The Morgan fingerprint density at radius 2 is 1.33 bits per heavy atom. The van der Waals surface area contributed by atoms with Crippen molar-refractivity contribution in [3.8, 4) is 0 Å². The molecule has 0 N–H and O–H groups in total. The molecule has 0 heterocycles. The molecule has 0 atom stereocenters. The van der Waals surface area contributed by atoms with Crippen molar-refractivity contribution < 1.29 is 9.59 Å². The Morgan fingerprint density at radius 3 is 1.90 bits per heavy atom. The molecular weight excluding hydrogens is 260 g/mol. The number of benzene rings is 2. The predicted molar refractivity (Wildman–Crippen MR) is 83.7 cm³/mol. The highest BCUT2D eigenvalue weighted by Crippen LogP contribution is 2.29. The maximum absolute atomic E-state index is 12.4. The summed E-state index contributed by atoms with van der Waals surface area (Å²) >= 11 is 0. The summed E-state index contributed by atoms with van der Waals surface area (Å²) in [6.07, 6.45) is 1.73. The monoisotopic (exact) mass is 276 g/mol. The molecule has 0 radical (unpaired) electrons. The third-order valence-corrected chi connectivity index (χ3v) is 4.31. The van der Waals surface area contributed by atoms with Gasteiger partial charge in [-0.15, -0.1) is 0 Å². The van der Waals surface area contributed by atoms with Gasteiger partial charge in [0, 0.05) is 11.1 Å². The van der Waals surface area contributed by atoms with Gasteiger partial charge < -0.3 is 0 Å². The number of hydrogen-bond donors (Lipinski definition) is 0. The lowest BCUT2D eigenvalue weighted by Crippen LogP contribution is -2.01. The molecule has 1 aliphatic rings. The van der Waals surface area contributed by atoms with E-state index in [2.05, 4.69) is 13.8 Å². The molecule has 2 heteroatoms. The van der Waals surface area contributed by atoms with Gasteiger partial charge in [-0.3, -0.25) is 9.59 Å². The smallest absolute Gasteiger partial charge is 0.197 e. The first-order chi connectivity index (χ1) is 10.0. The van der Waals surface area contributed by atoms with Crippen LogP contribution in [0, 0.1) is 20.8 Å². The summed E-state index contributed by atoms with van der Waals surface area (Å²) < 4.78 is 0. The van der Waals surface area contributed by atoms with Crippen LogP contribution < -0.4 is 0 Å². The van der Waals surface area contributed by atoms with Crippen molar-refractivity contribution in [1.29, 1.82) is 0 Å². The molecule has 2 aromatic carbocycles. The van der Waals surface area contributed by atoms with Crippen LogP contribution in [-0.2, 0) is 0 Å². The van der Waals surface area contributed by atoms with E-state index in [1.807, 2.05) is 19.1 Å². The van der Waals surface area contributed by atoms with E-state index in [4.69, 9.17) is 0 Å². The van der Waals surface area contributed by atoms with Gasteiger partial charge >= 0.3 is 0 Å². The zero-order chi connectivity index (χ0) is 15.1.